The van der Waals surface area contributed by atoms with Gasteiger partial charge in [0.15, 0.2) is 11.5 Å². The van der Waals surface area contributed by atoms with E-state index in [0.29, 0.717) is 55.7 Å². The molecule has 0 aliphatic carbocycles. The van der Waals surface area contributed by atoms with Gasteiger partial charge in [0.05, 0.1) is 39.4 Å². The van der Waals surface area contributed by atoms with Gasteiger partial charge in [0.1, 0.15) is 0 Å². The molecular formula is C22H28N2O7S. The Hall–Kier alpha value is -2.82. The number of nitrogens with one attached hydrogen (secondary N) is 1. The van der Waals surface area contributed by atoms with Gasteiger partial charge in [-0.15, -0.1) is 0 Å². The summed E-state index contributed by atoms with van der Waals surface area (Å²) in [5.74, 6) is 1.28. The molecule has 1 aliphatic rings. The minimum Gasteiger partial charge on any atom is -0.493 e. The lowest BCUT2D eigenvalue weighted by Gasteiger charge is -2.26. The molecule has 2 aromatic rings. The first kappa shape index (κ1) is 23.8. The summed E-state index contributed by atoms with van der Waals surface area (Å²) in [6.07, 6.45) is 0.632. The molecule has 174 valence electrons. The van der Waals surface area contributed by atoms with Gasteiger partial charge in [0.2, 0.25) is 21.7 Å². The first-order valence-corrected chi connectivity index (χ1v) is 11.6. The quantitative estimate of drug-likeness (QED) is 0.607. The average molecular weight is 465 g/mol. The van der Waals surface area contributed by atoms with E-state index in [2.05, 4.69) is 5.32 Å². The van der Waals surface area contributed by atoms with Crippen LogP contribution >= 0.6 is 0 Å². The summed E-state index contributed by atoms with van der Waals surface area (Å²) < 4.78 is 48.3. The lowest BCUT2D eigenvalue weighted by molar-refractivity contribution is -0.116. The molecule has 0 spiro atoms. The molecule has 0 radical (unpaired) electrons. The van der Waals surface area contributed by atoms with Crippen molar-refractivity contribution in [3.63, 3.8) is 0 Å². The third-order valence-electron chi connectivity index (χ3n) is 5.09. The van der Waals surface area contributed by atoms with Crippen LogP contribution in [0.15, 0.2) is 41.3 Å². The summed E-state index contributed by atoms with van der Waals surface area (Å²) in [4.78, 5) is 12.6. The summed E-state index contributed by atoms with van der Waals surface area (Å²) in [6.45, 7) is 1.37. The fourth-order valence-corrected chi connectivity index (χ4v) is 4.89. The van der Waals surface area contributed by atoms with E-state index in [-0.39, 0.29) is 17.2 Å². The Morgan fingerprint density at radius 3 is 2.28 bits per heavy atom. The monoisotopic (exact) mass is 464 g/mol. The zero-order valence-corrected chi connectivity index (χ0v) is 19.2. The van der Waals surface area contributed by atoms with Crippen LogP contribution < -0.4 is 19.5 Å². The highest BCUT2D eigenvalue weighted by molar-refractivity contribution is 7.89. The van der Waals surface area contributed by atoms with E-state index in [0.717, 1.165) is 5.56 Å². The molecule has 0 saturated carbocycles. The molecule has 0 unspecified atom stereocenters. The fourth-order valence-electron chi connectivity index (χ4n) is 3.43. The Kier molecular flexibility index (Phi) is 7.94. The van der Waals surface area contributed by atoms with Gasteiger partial charge in [-0.25, -0.2) is 8.42 Å². The van der Waals surface area contributed by atoms with Crippen molar-refractivity contribution in [3.8, 4) is 17.2 Å². The maximum absolute atomic E-state index is 12.8. The number of aryl methyl sites for hydroxylation is 1. The van der Waals surface area contributed by atoms with E-state index in [4.69, 9.17) is 18.9 Å². The van der Waals surface area contributed by atoms with Crippen LogP contribution in [0.3, 0.4) is 0 Å². The van der Waals surface area contributed by atoms with Gasteiger partial charge < -0.3 is 24.3 Å². The Balaban J connectivity index is 1.66. The summed E-state index contributed by atoms with van der Waals surface area (Å²) >= 11 is 0. The summed E-state index contributed by atoms with van der Waals surface area (Å²) in [7, 11) is 0.960. The molecule has 1 aliphatic heterocycles. The van der Waals surface area contributed by atoms with Crippen molar-refractivity contribution in [2.24, 2.45) is 0 Å². The maximum atomic E-state index is 12.8. The van der Waals surface area contributed by atoms with Gasteiger partial charge in [-0.2, -0.15) is 4.31 Å². The van der Waals surface area contributed by atoms with Crippen LogP contribution in [0.4, 0.5) is 5.69 Å². The molecule has 3 rings (SSSR count). The molecule has 0 atom stereocenters. The van der Waals surface area contributed by atoms with Gasteiger partial charge in [0.25, 0.3) is 0 Å². The standard InChI is InChI=1S/C22H28N2O7S/c1-28-19-13-16(14-20(29-2)22(19)30-3)7-8-21(25)23-17-5-4-6-18(15-17)32(26,27)24-9-11-31-12-10-24/h4-6,13-15H,7-12H2,1-3H3,(H,23,25). The van der Waals surface area contributed by atoms with Crippen LogP contribution in [-0.4, -0.2) is 66.3 Å². The average Bonchev–Trinajstić information content (AvgIpc) is 2.82. The number of morpholine rings is 1. The highest BCUT2D eigenvalue weighted by atomic mass is 32.2. The third kappa shape index (κ3) is 5.50. The molecule has 32 heavy (non-hydrogen) atoms. The summed E-state index contributed by atoms with van der Waals surface area (Å²) in [5.41, 5.74) is 1.27. The van der Waals surface area contributed by atoms with Gasteiger partial charge in [-0.3, -0.25) is 4.79 Å². The molecule has 0 aromatic heterocycles. The minimum absolute atomic E-state index is 0.141. The lowest BCUT2D eigenvalue weighted by Crippen LogP contribution is -2.40. The summed E-state index contributed by atoms with van der Waals surface area (Å²) in [5, 5.41) is 2.77. The second-order valence-electron chi connectivity index (χ2n) is 7.13. The number of sulfonamides is 1. The first-order chi connectivity index (χ1) is 15.4. The van der Waals surface area contributed by atoms with E-state index in [1.807, 2.05) is 0 Å². The van der Waals surface area contributed by atoms with Gasteiger partial charge in [-0.05, 0) is 42.3 Å². The van der Waals surface area contributed by atoms with E-state index < -0.39 is 10.0 Å². The van der Waals surface area contributed by atoms with Crippen molar-refractivity contribution in [1.82, 2.24) is 4.31 Å². The van der Waals surface area contributed by atoms with Crippen molar-refractivity contribution in [1.29, 1.82) is 0 Å². The van der Waals surface area contributed by atoms with E-state index in [9.17, 15) is 13.2 Å². The highest BCUT2D eigenvalue weighted by Gasteiger charge is 2.26. The van der Waals surface area contributed by atoms with Crippen LogP contribution in [0.5, 0.6) is 17.2 Å². The highest BCUT2D eigenvalue weighted by Crippen LogP contribution is 2.38. The maximum Gasteiger partial charge on any atom is 0.243 e. The topological polar surface area (TPSA) is 103 Å². The zero-order chi connectivity index (χ0) is 23.1. The minimum atomic E-state index is -3.64. The van der Waals surface area contributed by atoms with Gasteiger partial charge in [-0.1, -0.05) is 6.07 Å². The lowest BCUT2D eigenvalue weighted by atomic mass is 10.1. The number of methoxy groups -OCH3 is 3. The van der Waals surface area contributed by atoms with Gasteiger partial charge >= 0.3 is 0 Å². The molecule has 1 fully saturated rings. The van der Waals surface area contributed by atoms with E-state index in [1.54, 1.807) is 24.3 Å². The van der Waals surface area contributed by atoms with Crippen molar-refractivity contribution in [3.05, 3.63) is 42.0 Å². The number of hydrogen-bond acceptors (Lipinski definition) is 7. The van der Waals surface area contributed by atoms with Crippen LogP contribution in [0.25, 0.3) is 0 Å². The molecule has 9 nitrogen and oxygen atoms in total. The second kappa shape index (κ2) is 10.7. The molecule has 0 bridgehead atoms. The van der Waals surface area contributed by atoms with E-state index in [1.165, 1.54) is 37.8 Å². The Morgan fingerprint density at radius 1 is 1.03 bits per heavy atom. The Morgan fingerprint density at radius 2 is 1.69 bits per heavy atom. The number of rotatable bonds is 9. The number of carbonyl (C=O) groups excluding carboxylic acids is 1. The van der Waals surface area contributed by atoms with Crippen molar-refractivity contribution in [2.45, 2.75) is 17.7 Å². The van der Waals surface area contributed by atoms with Crippen LogP contribution in [0.1, 0.15) is 12.0 Å². The molecule has 2 aromatic carbocycles. The van der Waals surface area contributed by atoms with Gasteiger partial charge in [0, 0.05) is 25.2 Å². The van der Waals surface area contributed by atoms with Crippen molar-refractivity contribution >= 4 is 21.6 Å². The number of amides is 1. The first-order valence-electron chi connectivity index (χ1n) is 10.2. The zero-order valence-electron chi connectivity index (χ0n) is 18.4. The molecule has 1 amide bonds. The van der Waals surface area contributed by atoms with E-state index >= 15 is 0 Å². The molecule has 1 N–H and O–H groups in total. The summed E-state index contributed by atoms with van der Waals surface area (Å²) in [6, 6.07) is 9.87. The SMILES string of the molecule is COc1cc(CCC(=O)Nc2cccc(S(=O)(=O)N3CCOCC3)c2)cc(OC)c1OC. The predicted octanol–water partition coefficient (Wildman–Crippen LogP) is 2.30. The largest absolute Gasteiger partial charge is 0.493 e. The van der Waals surface area contributed by atoms with Crippen molar-refractivity contribution in [2.75, 3.05) is 52.9 Å². The smallest absolute Gasteiger partial charge is 0.243 e. The van der Waals surface area contributed by atoms with Crippen LogP contribution in [0, 0.1) is 0 Å². The number of ether oxygens (including phenoxy) is 4. The third-order valence-corrected chi connectivity index (χ3v) is 6.99. The number of benzene rings is 2. The van der Waals surface area contributed by atoms with Crippen molar-refractivity contribution < 1.29 is 32.2 Å². The predicted molar refractivity (Wildman–Crippen MR) is 119 cm³/mol. The van der Waals surface area contributed by atoms with Crippen LogP contribution in [-0.2, 0) is 26.0 Å². The van der Waals surface area contributed by atoms with Crippen LogP contribution in [0.2, 0.25) is 0 Å². The molecular weight excluding hydrogens is 436 g/mol. The molecule has 1 heterocycles. The fraction of sp³-hybridized carbons (Fsp3) is 0.409. The Bertz CT molecular complexity index is 1020. The number of anilines is 1. The number of carbonyl (C=O) groups is 1. The number of nitrogens with zero attached hydrogens (tertiary/aromatic N) is 1. The molecule has 1 saturated heterocycles. The second-order valence-corrected chi connectivity index (χ2v) is 9.06. The normalized spacial score (nSPS) is 14.6. The molecule has 10 heteroatoms. The number of hydrogen-bond donors (Lipinski definition) is 1. The Labute approximate surface area is 188 Å².